The first kappa shape index (κ1) is 20.9. The van der Waals surface area contributed by atoms with E-state index in [-0.39, 0.29) is 0 Å². The molecule has 0 aromatic heterocycles. The zero-order valence-electron chi connectivity index (χ0n) is 16.1. The van der Waals surface area contributed by atoms with Crippen molar-refractivity contribution in [3.63, 3.8) is 0 Å². The fraction of sp³-hybridized carbons (Fsp3) is 1.00. The van der Waals surface area contributed by atoms with E-state index in [1.807, 2.05) is 0 Å². The second-order valence-corrected chi connectivity index (χ2v) is 7.89. The van der Waals surface area contributed by atoms with E-state index < -0.39 is 0 Å². The third-order valence-electron chi connectivity index (χ3n) is 4.43. The van der Waals surface area contributed by atoms with E-state index in [1.54, 1.807) is 0 Å². The zero-order valence-corrected chi connectivity index (χ0v) is 16.1. The van der Waals surface area contributed by atoms with Crippen molar-refractivity contribution in [2.75, 3.05) is 19.6 Å². The van der Waals surface area contributed by atoms with E-state index in [2.05, 4.69) is 65.6 Å². The smallest absolute Gasteiger partial charge is 0.00903 e. The maximum Gasteiger partial charge on any atom is 0.00903 e. The van der Waals surface area contributed by atoms with Crippen LogP contribution in [-0.4, -0.2) is 36.6 Å². The van der Waals surface area contributed by atoms with Crippen molar-refractivity contribution in [2.24, 2.45) is 11.3 Å². The zero-order chi connectivity index (χ0) is 16.5. The van der Waals surface area contributed by atoms with Crippen LogP contribution in [0.25, 0.3) is 0 Å². The molecule has 0 aliphatic rings. The summed E-state index contributed by atoms with van der Waals surface area (Å²) in [5.74, 6) is 0.745. The molecule has 0 rings (SSSR count). The molecule has 0 aliphatic heterocycles. The minimum absolute atomic E-state index is 0.385. The number of nitrogens with zero attached hydrogens (tertiary/aromatic N) is 1. The highest BCUT2D eigenvalue weighted by molar-refractivity contribution is 4.84. The van der Waals surface area contributed by atoms with Gasteiger partial charge in [-0.2, -0.15) is 0 Å². The van der Waals surface area contributed by atoms with Gasteiger partial charge in [-0.25, -0.2) is 0 Å². The number of hydrogen-bond donors (Lipinski definition) is 1. The highest BCUT2D eigenvalue weighted by Gasteiger charge is 2.29. The molecule has 0 saturated heterocycles. The molecule has 1 atom stereocenters. The highest BCUT2D eigenvalue weighted by Crippen LogP contribution is 2.27. The Kier molecular flexibility index (Phi) is 10.6. The van der Waals surface area contributed by atoms with Gasteiger partial charge in [-0.15, -0.1) is 0 Å². The number of rotatable bonds is 12. The van der Waals surface area contributed by atoms with Crippen molar-refractivity contribution in [3.8, 4) is 0 Å². The molecule has 0 aliphatic carbocycles. The van der Waals surface area contributed by atoms with Gasteiger partial charge in [0.2, 0.25) is 0 Å². The molecule has 0 spiro atoms. The van der Waals surface area contributed by atoms with Gasteiger partial charge in [0.05, 0.1) is 0 Å². The van der Waals surface area contributed by atoms with E-state index in [0.29, 0.717) is 11.5 Å². The van der Waals surface area contributed by atoms with Crippen LogP contribution in [0.3, 0.4) is 0 Å². The SMILES string of the molecule is CCCC(C)(CNC(C)C)CN(CC(C)C)C(CC)CC. The second-order valence-electron chi connectivity index (χ2n) is 7.89. The van der Waals surface area contributed by atoms with Gasteiger partial charge in [0.15, 0.2) is 0 Å². The van der Waals surface area contributed by atoms with Gasteiger partial charge < -0.3 is 5.32 Å². The average Bonchev–Trinajstić information content (AvgIpc) is 2.37. The lowest BCUT2D eigenvalue weighted by atomic mass is 9.83. The molecule has 0 saturated carbocycles. The maximum absolute atomic E-state index is 3.68. The van der Waals surface area contributed by atoms with Gasteiger partial charge in [0.25, 0.3) is 0 Å². The Morgan fingerprint density at radius 2 is 1.57 bits per heavy atom. The lowest BCUT2D eigenvalue weighted by Gasteiger charge is -2.40. The third-order valence-corrected chi connectivity index (χ3v) is 4.43. The van der Waals surface area contributed by atoms with Gasteiger partial charge in [-0.1, -0.05) is 61.8 Å². The van der Waals surface area contributed by atoms with Crippen LogP contribution in [-0.2, 0) is 0 Å². The van der Waals surface area contributed by atoms with Crippen LogP contribution in [0.5, 0.6) is 0 Å². The Hall–Kier alpha value is -0.0800. The van der Waals surface area contributed by atoms with Gasteiger partial charge in [0.1, 0.15) is 0 Å². The van der Waals surface area contributed by atoms with Crippen LogP contribution in [0.4, 0.5) is 0 Å². The Morgan fingerprint density at radius 1 is 1.00 bits per heavy atom. The van der Waals surface area contributed by atoms with Crippen LogP contribution in [0.2, 0.25) is 0 Å². The van der Waals surface area contributed by atoms with Crippen LogP contribution in [0.1, 0.15) is 81.1 Å². The second kappa shape index (κ2) is 10.6. The van der Waals surface area contributed by atoms with Gasteiger partial charge in [-0.05, 0) is 30.6 Å². The van der Waals surface area contributed by atoms with Gasteiger partial charge in [-0.3, -0.25) is 4.90 Å². The summed E-state index contributed by atoms with van der Waals surface area (Å²) in [5, 5.41) is 3.68. The first-order valence-electron chi connectivity index (χ1n) is 9.25. The molecule has 2 nitrogen and oxygen atoms in total. The lowest BCUT2D eigenvalue weighted by Crippen LogP contribution is -2.48. The summed E-state index contributed by atoms with van der Waals surface area (Å²) in [6.07, 6.45) is 5.11. The minimum atomic E-state index is 0.385. The van der Waals surface area contributed by atoms with Crippen molar-refractivity contribution in [1.29, 1.82) is 0 Å². The van der Waals surface area contributed by atoms with Gasteiger partial charge in [0, 0.05) is 31.7 Å². The van der Waals surface area contributed by atoms with E-state index in [1.165, 1.54) is 38.8 Å². The highest BCUT2D eigenvalue weighted by atomic mass is 15.2. The maximum atomic E-state index is 3.68. The lowest BCUT2D eigenvalue weighted by molar-refractivity contribution is 0.0912. The normalized spacial score (nSPS) is 15.4. The molecule has 2 heteroatoms. The summed E-state index contributed by atoms with van der Waals surface area (Å²) in [6, 6.07) is 1.32. The van der Waals surface area contributed by atoms with Gasteiger partial charge >= 0.3 is 0 Å². The predicted octanol–water partition coefficient (Wildman–Crippen LogP) is 4.94. The molecule has 1 unspecified atom stereocenters. The van der Waals surface area contributed by atoms with Crippen molar-refractivity contribution in [1.82, 2.24) is 10.2 Å². The molecule has 1 N–H and O–H groups in total. The molecule has 0 amide bonds. The summed E-state index contributed by atoms with van der Waals surface area (Å²) in [4.78, 5) is 2.77. The minimum Gasteiger partial charge on any atom is -0.314 e. The van der Waals surface area contributed by atoms with E-state index in [9.17, 15) is 0 Å². The molecule has 0 aromatic rings. The molecular weight excluding hydrogens is 256 g/mol. The average molecular weight is 299 g/mol. The first-order chi connectivity index (χ1) is 9.77. The quantitative estimate of drug-likeness (QED) is 0.549. The summed E-state index contributed by atoms with van der Waals surface area (Å²) >= 11 is 0. The topological polar surface area (TPSA) is 15.3 Å². The number of nitrogens with one attached hydrogen (secondary N) is 1. The molecule has 21 heavy (non-hydrogen) atoms. The van der Waals surface area contributed by atoms with Crippen LogP contribution < -0.4 is 5.32 Å². The molecule has 0 fully saturated rings. The molecule has 0 aromatic carbocycles. The van der Waals surface area contributed by atoms with Crippen molar-refractivity contribution in [3.05, 3.63) is 0 Å². The Labute approximate surface area is 135 Å². The third kappa shape index (κ3) is 8.83. The molecule has 0 radical (unpaired) electrons. The summed E-state index contributed by atoms with van der Waals surface area (Å²) in [7, 11) is 0. The fourth-order valence-corrected chi connectivity index (χ4v) is 3.38. The molecular formula is C19H42N2. The Morgan fingerprint density at radius 3 is 1.95 bits per heavy atom. The van der Waals surface area contributed by atoms with Crippen LogP contribution >= 0.6 is 0 Å². The summed E-state index contributed by atoms with van der Waals surface area (Å²) in [5.41, 5.74) is 0.385. The first-order valence-corrected chi connectivity index (χ1v) is 9.25. The largest absolute Gasteiger partial charge is 0.314 e. The summed E-state index contributed by atoms with van der Waals surface area (Å²) < 4.78 is 0. The van der Waals surface area contributed by atoms with Crippen LogP contribution in [0, 0.1) is 11.3 Å². The van der Waals surface area contributed by atoms with E-state index >= 15 is 0 Å². The fourth-order valence-electron chi connectivity index (χ4n) is 3.38. The van der Waals surface area contributed by atoms with Crippen molar-refractivity contribution >= 4 is 0 Å². The van der Waals surface area contributed by atoms with E-state index in [0.717, 1.165) is 18.5 Å². The molecule has 0 heterocycles. The van der Waals surface area contributed by atoms with Crippen molar-refractivity contribution in [2.45, 2.75) is 93.2 Å². The Balaban J connectivity index is 4.91. The predicted molar refractivity (Wildman–Crippen MR) is 96.9 cm³/mol. The molecule has 128 valence electrons. The summed E-state index contributed by atoms with van der Waals surface area (Å²) in [6.45, 7) is 22.2. The van der Waals surface area contributed by atoms with Crippen LogP contribution in [0.15, 0.2) is 0 Å². The molecule has 0 bridgehead atoms. The monoisotopic (exact) mass is 298 g/mol. The number of hydrogen-bond acceptors (Lipinski definition) is 2. The van der Waals surface area contributed by atoms with E-state index in [4.69, 9.17) is 0 Å². The van der Waals surface area contributed by atoms with Crippen molar-refractivity contribution < 1.29 is 0 Å². The Bertz CT molecular complexity index is 246. The standard InChI is InChI=1S/C19H42N2/c1-9-12-19(8,14-20-17(6)7)15-21(13-16(4)5)18(10-2)11-3/h16-18,20H,9-15H2,1-8H3.